The molecule has 0 spiro atoms. The first kappa shape index (κ1) is 22.4. The fraction of sp³-hybridized carbons (Fsp3) is 0.261. The molecular weight excluding hydrogens is 474 g/mol. The number of sulfonamides is 1. The molecule has 0 unspecified atom stereocenters. The molecule has 2 aromatic heterocycles. The summed E-state index contributed by atoms with van der Waals surface area (Å²) in [5.41, 5.74) is 2.37. The maximum atomic E-state index is 13.1. The van der Waals surface area contributed by atoms with E-state index in [1.165, 1.54) is 16.4 Å². The van der Waals surface area contributed by atoms with E-state index < -0.39 is 10.0 Å². The third-order valence-corrected chi connectivity index (χ3v) is 8.09. The van der Waals surface area contributed by atoms with Crippen LogP contribution < -0.4 is 0 Å². The first-order valence-corrected chi connectivity index (χ1v) is 12.6. The molecule has 0 aliphatic carbocycles. The summed E-state index contributed by atoms with van der Waals surface area (Å²) in [6.45, 7) is 1.15. The zero-order valence-corrected chi connectivity index (χ0v) is 19.6. The number of halogens is 1. The molecule has 34 heavy (non-hydrogen) atoms. The molecule has 2 aromatic carbocycles. The zero-order valence-electron chi connectivity index (χ0n) is 18.0. The molecule has 0 atom stereocenters. The highest BCUT2D eigenvalue weighted by Gasteiger charge is 2.32. The van der Waals surface area contributed by atoms with Crippen molar-refractivity contribution in [3.63, 3.8) is 0 Å². The molecule has 1 saturated heterocycles. The van der Waals surface area contributed by atoms with Gasteiger partial charge in [0.1, 0.15) is 5.82 Å². The van der Waals surface area contributed by atoms with Gasteiger partial charge < -0.3 is 0 Å². The van der Waals surface area contributed by atoms with Crippen LogP contribution in [0.25, 0.3) is 11.2 Å². The van der Waals surface area contributed by atoms with Crippen molar-refractivity contribution in [3.8, 4) is 6.07 Å². The number of hydrogen-bond donors (Lipinski definition) is 0. The lowest BCUT2D eigenvalue weighted by atomic mass is 9.97. The van der Waals surface area contributed by atoms with Gasteiger partial charge in [-0.1, -0.05) is 53.2 Å². The molecule has 0 radical (unpaired) electrons. The number of piperidine rings is 1. The second-order valence-electron chi connectivity index (χ2n) is 8.10. The molecule has 0 N–H and O–H groups in total. The molecule has 172 valence electrons. The molecular formula is C23H20ClN7O2S. The van der Waals surface area contributed by atoms with Gasteiger partial charge in [-0.05, 0) is 36.6 Å². The van der Waals surface area contributed by atoms with Gasteiger partial charge in [-0.25, -0.2) is 23.1 Å². The van der Waals surface area contributed by atoms with Crippen LogP contribution in [-0.2, 0) is 16.6 Å². The Kier molecular flexibility index (Phi) is 6.00. The number of aromatic nitrogens is 5. The van der Waals surface area contributed by atoms with Crippen LogP contribution in [0.4, 0.5) is 0 Å². The van der Waals surface area contributed by atoms with Gasteiger partial charge >= 0.3 is 0 Å². The first-order valence-electron chi connectivity index (χ1n) is 10.8. The summed E-state index contributed by atoms with van der Waals surface area (Å²) in [5.74, 6) is 0.525. The average Bonchev–Trinajstić information content (AvgIpc) is 3.28. The molecule has 5 rings (SSSR count). The summed E-state index contributed by atoms with van der Waals surface area (Å²) in [7, 11) is -3.68. The number of rotatable bonds is 5. The van der Waals surface area contributed by atoms with Crippen LogP contribution in [0.5, 0.6) is 0 Å². The normalized spacial score (nSPS) is 15.4. The molecule has 1 fully saturated rings. The topological polar surface area (TPSA) is 118 Å². The molecule has 4 aromatic rings. The number of benzene rings is 2. The molecule has 11 heteroatoms. The summed E-state index contributed by atoms with van der Waals surface area (Å²) < 4.78 is 29.3. The van der Waals surface area contributed by atoms with Gasteiger partial charge in [0, 0.05) is 19.0 Å². The molecule has 1 aliphatic heterocycles. The fourth-order valence-corrected chi connectivity index (χ4v) is 5.84. The van der Waals surface area contributed by atoms with Crippen LogP contribution in [-0.4, -0.2) is 50.8 Å². The largest absolute Gasteiger partial charge is 0.243 e. The van der Waals surface area contributed by atoms with Gasteiger partial charge in [0.2, 0.25) is 10.0 Å². The number of hydrogen-bond acceptors (Lipinski definition) is 7. The van der Waals surface area contributed by atoms with Gasteiger partial charge in [-0.2, -0.15) is 9.57 Å². The van der Waals surface area contributed by atoms with Crippen LogP contribution in [0.3, 0.4) is 0 Å². The minimum atomic E-state index is -3.68. The second-order valence-corrected chi connectivity index (χ2v) is 10.4. The van der Waals surface area contributed by atoms with Crippen molar-refractivity contribution in [2.45, 2.75) is 30.2 Å². The Morgan fingerprint density at radius 2 is 1.82 bits per heavy atom. The number of nitriles is 1. The Labute approximate surface area is 201 Å². The molecule has 3 heterocycles. The highest BCUT2D eigenvalue weighted by Crippen LogP contribution is 2.31. The second kappa shape index (κ2) is 9.10. The predicted octanol–water partition coefficient (Wildman–Crippen LogP) is 3.36. The minimum Gasteiger partial charge on any atom is -0.222 e. The number of fused-ring (bicyclic) bond motifs is 1. The van der Waals surface area contributed by atoms with E-state index in [0.717, 1.165) is 5.56 Å². The van der Waals surface area contributed by atoms with Crippen LogP contribution in [0.2, 0.25) is 5.15 Å². The monoisotopic (exact) mass is 493 g/mol. The van der Waals surface area contributed by atoms with Crippen molar-refractivity contribution < 1.29 is 8.42 Å². The van der Waals surface area contributed by atoms with E-state index in [1.807, 2.05) is 36.4 Å². The molecule has 9 nitrogen and oxygen atoms in total. The minimum absolute atomic E-state index is 0.0427. The van der Waals surface area contributed by atoms with Crippen molar-refractivity contribution >= 4 is 32.8 Å². The smallest absolute Gasteiger partial charge is 0.222 e. The van der Waals surface area contributed by atoms with Gasteiger partial charge in [-0.3, -0.25) is 0 Å². The quantitative estimate of drug-likeness (QED) is 0.391. The van der Waals surface area contributed by atoms with E-state index in [4.69, 9.17) is 21.8 Å². The van der Waals surface area contributed by atoms with Crippen molar-refractivity contribution in [3.05, 3.63) is 76.7 Å². The maximum absolute atomic E-state index is 13.1. The van der Waals surface area contributed by atoms with Crippen LogP contribution >= 0.6 is 11.6 Å². The van der Waals surface area contributed by atoms with E-state index in [0.29, 0.717) is 55.0 Å². The van der Waals surface area contributed by atoms with Gasteiger partial charge in [0.25, 0.3) is 0 Å². The van der Waals surface area contributed by atoms with Crippen molar-refractivity contribution in [2.24, 2.45) is 0 Å². The zero-order chi connectivity index (χ0) is 23.7. The van der Waals surface area contributed by atoms with E-state index in [9.17, 15) is 8.42 Å². The predicted molar refractivity (Wildman–Crippen MR) is 126 cm³/mol. The van der Waals surface area contributed by atoms with Crippen molar-refractivity contribution in [2.75, 3.05) is 13.1 Å². The third-order valence-electron chi connectivity index (χ3n) is 5.93. The average molecular weight is 494 g/mol. The SMILES string of the molecule is N#Cc1cccc(S(=O)(=O)N2CCC(c3nc(Cl)c4nnn(Cc5ccccc5)c4n3)CC2)c1. The highest BCUT2D eigenvalue weighted by molar-refractivity contribution is 7.89. The van der Waals surface area contributed by atoms with Crippen LogP contribution in [0, 0.1) is 11.3 Å². The fourth-order valence-electron chi connectivity index (χ4n) is 4.11. The van der Waals surface area contributed by atoms with E-state index in [-0.39, 0.29) is 16.0 Å². The van der Waals surface area contributed by atoms with E-state index in [1.54, 1.807) is 16.8 Å². The van der Waals surface area contributed by atoms with Gasteiger partial charge in [0.15, 0.2) is 16.3 Å². The highest BCUT2D eigenvalue weighted by atomic mass is 35.5. The van der Waals surface area contributed by atoms with Gasteiger partial charge in [0.05, 0.1) is 23.1 Å². The van der Waals surface area contributed by atoms with Crippen LogP contribution in [0.1, 0.15) is 35.7 Å². The summed E-state index contributed by atoms with van der Waals surface area (Å²) in [6.07, 6.45) is 1.11. The lowest BCUT2D eigenvalue weighted by Crippen LogP contribution is -2.38. The Morgan fingerprint density at radius 3 is 2.56 bits per heavy atom. The van der Waals surface area contributed by atoms with E-state index >= 15 is 0 Å². The summed E-state index contributed by atoms with van der Waals surface area (Å²) in [6, 6.07) is 17.9. The summed E-state index contributed by atoms with van der Waals surface area (Å²) >= 11 is 6.41. The molecule has 0 bridgehead atoms. The molecule has 1 aliphatic rings. The van der Waals surface area contributed by atoms with Crippen molar-refractivity contribution in [1.29, 1.82) is 5.26 Å². The molecule has 0 amide bonds. The lowest BCUT2D eigenvalue weighted by Gasteiger charge is -2.30. The van der Waals surface area contributed by atoms with Crippen LogP contribution in [0.15, 0.2) is 59.5 Å². The Morgan fingerprint density at radius 1 is 1.06 bits per heavy atom. The van der Waals surface area contributed by atoms with Crippen molar-refractivity contribution in [1.82, 2.24) is 29.3 Å². The lowest BCUT2D eigenvalue weighted by molar-refractivity contribution is 0.313. The molecule has 0 saturated carbocycles. The summed E-state index contributed by atoms with van der Waals surface area (Å²) in [4.78, 5) is 9.30. The summed E-state index contributed by atoms with van der Waals surface area (Å²) in [5, 5.41) is 17.7. The Hall–Kier alpha value is -3.39. The van der Waals surface area contributed by atoms with E-state index in [2.05, 4.69) is 15.3 Å². The number of nitrogens with zero attached hydrogens (tertiary/aromatic N) is 7. The standard InChI is InChI=1S/C23H20ClN7O2S/c24-21-20-23(31(29-28-20)15-16-5-2-1-3-6-16)27-22(26-21)18-9-11-30(12-10-18)34(32,33)19-8-4-7-17(13-19)14-25/h1-8,13,18H,9-12,15H2. The first-order chi connectivity index (χ1) is 16.5. The third kappa shape index (κ3) is 4.25. The Bertz CT molecular complexity index is 1490. The van der Waals surface area contributed by atoms with Gasteiger partial charge in [-0.15, -0.1) is 5.10 Å². The Balaban J connectivity index is 1.36. The maximum Gasteiger partial charge on any atom is 0.243 e.